The summed E-state index contributed by atoms with van der Waals surface area (Å²) >= 11 is 1.35. The maximum Gasteiger partial charge on any atom is 0.237 e. The maximum absolute atomic E-state index is 12.9. The molecule has 3 aromatic heterocycles. The van der Waals surface area contributed by atoms with Crippen molar-refractivity contribution in [3.05, 3.63) is 66.4 Å². The molecule has 5 rings (SSSR count). The summed E-state index contributed by atoms with van der Waals surface area (Å²) in [7, 11) is 0. The molecular formula is C21H18N6OS. The Balaban J connectivity index is 1.37. The van der Waals surface area contributed by atoms with E-state index >= 15 is 0 Å². The van der Waals surface area contributed by atoms with Gasteiger partial charge in [-0.15, -0.1) is 10.2 Å². The van der Waals surface area contributed by atoms with Crippen molar-refractivity contribution in [3.63, 3.8) is 0 Å². The number of para-hydroxylation sites is 1. The lowest BCUT2D eigenvalue weighted by Gasteiger charge is -2.29. The first kappa shape index (κ1) is 17.8. The SMILES string of the molecule is O=C(CSc1nnc2ccc(-c3ccccn3)nn12)N1CCCc2ccccc21. The Hall–Kier alpha value is -3.26. The van der Waals surface area contributed by atoms with Gasteiger partial charge in [-0.1, -0.05) is 36.0 Å². The lowest BCUT2D eigenvalue weighted by molar-refractivity contribution is -0.116. The summed E-state index contributed by atoms with van der Waals surface area (Å²) in [6, 6.07) is 17.5. The van der Waals surface area contributed by atoms with E-state index in [2.05, 4.69) is 26.3 Å². The minimum Gasteiger partial charge on any atom is -0.311 e. The van der Waals surface area contributed by atoms with E-state index in [4.69, 9.17) is 0 Å². The molecule has 4 aromatic rings. The first-order chi connectivity index (χ1) is 14.3. The van der Waals surface area contributed by atoms with Crippen LogP contribution in [-0.2, 0) is 11.2 Å². The highest BCUT2D eigenvalue weighted by Gasteiger charge is 2.23. The topological polar surface area (TPSA) is 76.3 Å². The van der Waals surface area contributed by atoms with Crippen molar-refractivity contribution in [1.29, 1.82) is 0 Å². The van der Waals surface area contributed by atoms with Gasteiger partial charge < -0.3 is 4.90 Å². The van der Waals surface area contributed by atoms with E-state index in [0.29, 0.717) is 10.8 Å². The van der Waals surface area contributed by atoms with E-state index in [9.17, 15) is 4.79 Å². The van der Waals surface area contributed by atoms with E-state index in [1.165, 1.54) is 17.3 Å². The molecule has 0 radical (unpaired) electrons. The minimum atomic E-state index is 0.0692. The Kier molecular flexibility index (Phi) is 4.69. The summed E-state index contributed by atoms with van der Waals surface area (Å²) in [4.78, 5) is 19.1. The Morgan fingerprint density at radius 1 is 1.00 bits per heavy atom. The highest BCUT2D eigenvalue weighted by molar-refractivity contribution is 7.99. The molecule has 1 aliphatic rings. The van der Waals surface area contributed by atoms with Gasteiger partial charge in [0.25, 0.3) is 0 Å². The van der Waals surface area contributed by atoms with Gasteiger partial charge in [-0.2, -0.15) is 9.61 Å². The van der Waals surface area contributed by atoms with Crippen molar-refractivity contribution in [2.45, 2.75) is 18.0 Å². The number of pyridine rings is 1. The minimum absolute atomic E-state index is 0.0692. The standard InChI is InChI=1S/C21H18N6OS/c28-20(26-13-5-7-15-6-1-2-9-18(15)26)14-29-21-24-23-19-11-10-17(25-27(19)21)16-8-3-4-12-22-16/h1-4,6,8-12H,5,7,13-14H2. The number of anilines is 1. The number of amides is 1. The van der Waals surface area contributed by atoms with Gasteiger partial charge in [0, 0.05) is 18.4 Å². The van der Waals surface area contributed by atoms with Gasteiger partial charge in [0.1, 0.15) is 5.69 Å². The first-order valence-electron chi connectivity index (χ1n) is 9.44. The van der Waals surface area contributed by atoms with Gasteiger partial charge in [-0.3, -0.25) is 9.78 Å². The van der Waals surface area contributed by atoms with Crippen molar-refractivity contribution in [3.8, 4) is 11.4 Å². The maximum atomic E-state index is 12.9. The number of nitrogens with zero attached hydrogens (tertiary/aromatic N) is 6. The summed E-state index contributed by atoms with van der Waals surface area (Å²) in [5, 5.41) is 13.6. The molecule has 1 aromatic carbocycles. The molecular weight excluding hydrogens is 384 g/mol. The monoisotopic (exact) mass is 402 g/mol. The number of aryl methyl sites for hydroxylation is 1. The smallest absolute Gasteiger partial charge is 0.237 e. The van der Waals surface area contributed by atoms with Crippen LogP contribution in [0.4, 0.5) is 5.69 Å². The molecule has 0 bridgehead atoms. The summed E-state index contributed by atoms with van der Waals surface area (Å²) in [5.74, 6) is 0.352. The normalized spacial score (nSPS) is 13.4. The molecule has 29 heavy (non-hydrogen) atoms. The molecule has 0 aliphatic carbocycles. The third-order valence-corrected chi connectivity index (χ3v) is 5.80. The van der Waals surface area contributed by atoms with Crippen LogP contribution in [-0.4, -0.2) is 43.0 Å². The quantitative estimate of drug-likeness (QED) is 0.488. The van der Waals surface area contributed by atoms with Gasteiger partial charge >= 0.3 is 0 Å². The molecule has 0 atom stereocenters. The number of thioether (sulfide) groups is 1. The fraction of sp³-hybridized carbons (Fsp3) is 0.190. The molecule has 1 amide bonds. The Morgan fingerprint density at radius 2 is 1.90 bits per heavy atom. The number of carbonyl (C=O) groups is 1. The van der Waals surface area contributed by atoms with Gasteiger partial charge in [-0.25, -0.2) is 0 Å². The molecule has 7 nitrogen and oxygen atoms in total. The van der Waals surface area contributed by atoms with Crippen LogP contribution in [0.1, 0.15) is 12.0 Å². The Morgan fingerprint density at radius 3 is 2.79 bits per heavy atom. The van der Waals surface area contributed by atoms with Gasteiger partial charge in [0.2, 0.25) is 11.1 Å². The summed E-state index contributed by atoms with van der Waals surface area (Å²) in [6.07, 6.45) is 3.73. The van der Waals surface area contributed by atoms with Gasteiger partial charge in [0.15, 0.2) is 5.65 Å². The largest absolute Gasteiger partial charge is 0.311 e. The predicted molar refractivity (Wildman–Crippen MR) is 112 cm³/mol. The van der Waals surface area contributed by atoms with Crippen LogP contribution >= 0.6 is 11.8 Å². The number of fused-ring (bicyclic) bond motifs is 2. The second-order valence-corrected chi connectivity index (χ2v) is 7.69. The predicted octanol–water partition coefficient (Wildman–Crippen LogP) is 3.26. The average Bonchev–Trinajstić information content (AvgIpc) is 3.20. The fourth-order valence-electron chi connectivity index (χ4n) is 3.51. The molecule has 4 heterocycles. The van der Waals surface area contributed by atoms with Crippen molar-refractivity contribution in [2.24, 2.45) is 0 Å². The van der Waals surface area contributed by atoms with Crippen molar-refractivity contribution in [2.75, 3.05) is 17.2 Å². The molecule has 1 aliphatic heterocycles. The molecule has 0 N–H and O–H groups in total. The van der Waals surface area contributed by atoms with Crippen molar-refractivity contribution in [1.82, 2.24) is 24.8 Å². The van der Waals surface area contributed by atoms with Crippen LogP contribution in [0.2, 0.25) is 0 Å². The van der Waals surface area contributed by atoms with Gasteiger partial charge in [-0.05, 0) is 48.7 Å². The lowest BCUT2D eigenvalue weighted by atomic mass is 10.0. The number of aromatic nitrogens is 5. The zero-order chi connectivity index (χ0) is 19.6. The first-order valence-corrected chi connectivity index (χ1v) is 10.4. The van der Waals surface area contributed by atoms with Crippen LogP contribution in [0.15, 0.2) is 66.0 Å². The number of rotatable bonds is 4. The summed E-state index contributed by atoms with van der Waals surface area (Å²) in [5.41, 5.74) is 4.40. The third kappa shape index (κ3) is 3.47. The highest BCUT2D eigenvalue weighted by atomic mass is 32.2. The second-order valence-electron chi connectivity index (χ2n) is 6.75. The molecule has 0 saturated carbocycles. The third-order valence-electron chi connectivity index (χ3n) is 4.90. The van der Waals surface area contributed by atoms with E-state index in [0.717, 1.165) is 36.5 Å². The number of hydrogen-bond acceptors (Lipinski definition) is 6. The molecule has 0 fully saturated rings. The van der Waals surface area contributed by atoms with Gasteiger partial charge in [0.05, 0.1) is 11.4 Å². The average molecular weight is 402 g/mol. The number of carbonyl (C=O) groups excluding carboxylic acids is 1. The molecule has 0 saturated heterocycles. The zero-order valence-corrected chi connectivity index (χ0v) is 16.4. The van der Waals surface area contributed by atoms with E-state index in [1.807, 2.05) is 53.4 Å². The number of hydrogen-bond donors (Lipinski definition) is 0. The Bertz CT molecular complexity index is 1180. The van der Waals surface area contributed by atoms with Crippen molar-refractivity contribution >= 4 is 29.0 Å². The summed E-state index contributed by atoms with van der Waals surface area (Å²) in [6.45, 7) is 0.749. The summed E-state index contributed by atoms with van der Waals surface area (Å²) < 4.78 is 1.67. The van der Waals surface area contributed by atoms with Crippen LogP contribution < -0.4 is 4.90 Å². The van der Waals surface area contributed by atoms with Crippen molar-refractivity contribution < 1.29 is 4.79 Å². The molecule has 0 unspecified atom stereocenters. The van der Waals surface area contributed by atoms with Crippen LogP contribution in [0.3, 0.4) is 0 Å². The number of benzene rings is 1. The molecule has 144 valence electrons. The van der Waals surface area contributed by atoms with Crippen LogP contribution in [0.5, 0.6) is 0 Å². The molecule has 8 heteroatoms. The van der Waals surface area contributed by atoms with E-state index in [-0.39, 0.29) is 11.7 Å². The Labute approximate surface area is 171 Å². The second kappa shape index (κ2) is 7.63. The lowest BCUT2D eigenvalue weighted by Crippen LogP contribution is -2.36. The highest BCUT2D eigenvalue weighted by Crippen LogP contribution is 2.28. The van der Waals surface area contributed by atoms with Crippen LogP contribution in [0, 0.1) is 0 Å². The van der Waals surface area contributed by atoms with E-state index in [1.54, 1.807) is 10.7 Å². The zero-order valence-electron chi connectivity index (χ0n) is 15.6. The van der Waals surface area contributed by atoms with Crippen LogP contribution in [0.25, 0.3) is 17.0 Å². The van der Waals surface area contributed by atoms with E-state index < -0.39 is 0 Å². The fourth-order valence-corrected chi connectivity index (χ4v) is 4.27. The molecule has 0 spiro atoms.